The molecule has 0 nitrogen and oxygen atoms in total. The Morgan fingerprint density at radius 1 is 1.20 bits per heavy atom. The molecule has 2 rings (SSSR count). The normalized spacial score (nSPS) is 10.5. The molecule has 78 valence electrons. The van der Waals surface area contributed by atoms with Crippen LogP contribution in [0.5, 0.6) is 0 Å². The van der Waals surface area contributed by atoms with Crippen LogP contribution in [0.1, 0.15) is 11.1 Å². The first-order chi connectivity index (χ1) is 7.25. The first-order valence-electron chi connectivity index (χ1n) is 4.67. The molecule has 1 heterocycles. The second kappa shape index (κ2) is 5.06. The molecule has 1 aromatic carbocycles. The van der Waals surface area contributed by atoms with Crippen molar-refractivity contribution in [3.8, 4) is 0 Å². The van der Waals surface area contributed by atoms with Crippen LogP contribution in [0.2, 0.25) is 5.02 Å². The molecule has 1 aromatic heterocycles. The van der Waals surface area contributed by atoms with Gasteiger partial charge in [0.2, 0.25) is 0 Å². The number of halogens is 1. The molecular weight excluding hydrogens is 244 g/mol. The summed E-state index contributed by atoms with van der Waals surface area (Å²) in [5.41, 5.74) is 2.69. The van der Waals surface area contributed by atoms with E-state index in [0.717, 1.165) is 10.8 Å². The van der Waals surface area contributed by atoms with Crippen molar-refractivity contribution >= 4 is 34.7 Å². The van der Waals surface area contributed by atoms with E-state index in [4.69, 9.17) is 11.6 Å². The van der Waals surface area contributed by atoms with Gasteiger partial charge in [-0.15, -0.1) is 23.1 Å². The molecule has 0 amide bonds. The van der Waals surface area contributed by atoms with Crippen LogP contribution < -0.4 is 0 Å². The summed E-state index contributed by atoms with van der Waals surface area (Å²) in [6.45, 7) is 2.15. The van der Waals surface area contributed by atoms with E-state index in [1.807, 2.05) is 35.2 Å². The van der Waals surface area contributed by atoms with Crippen LogP contribution in [0.3, 0.4) is 0 Å². The lowest BCUT2D eigenvalue weighted by Crippen LogP contribution is -1.79. The minimum Gasteiger partial charge on any atom is -0.137 e. The van der Waals surface area contributed by atoms with Crippen molar-refractivity contribution in [1.82, 2.24) is 0 Å². The minimum absolute atomic E-state index is 0.802. The predicted molar refractivity (Wildman–Crippen MR) is 70.1 cm³/mol. The van der Waals surface area contributed by atoms with Gasteiger partial charge in [-0.05, 0) is 41.6 Å². The van der Waals surface area contributed by atoms with E-state index in [9.17, 15) is 0 Å². The van der Waals surface area contributed by atoms with Crippen LogP contribution in [-0.2, 0) is 5.75 Å². The molecule has 0 saturated heterocycles. The van der Waals surface area contributed by atoms with Crippen molar-refractivity contribution < 1.29 is 0 Å². The Balaban J connectivity index is 1.99. The number of thioether (sulfide) groups is 1. The molecule has 0 N–H and O–H groups in total. The molecule has 0 aliphatic rings. The molecule has 0 saturated carbocycles. The van der Waals surface area contributed by atoms with Crippen molar-refractivity contribution in [3.63, 3.8) is 0 Å². The van der Waals surface area contributed by atoms with Gasteiger partial charge in [0.25, 0.3) is 0 Å². The van der Waals surface area contributed by atoms with Gasteiger partial charge in [0.05, 0.1) is 4.21 Å². The minimum atomic E-state index is 0.802. The maximum Gasteiger partial charge on any atom is 0.0630 e. The smallest absolute Gasteiger partial charge is 0.0630 e. The number of hydrogen-bond donors (Lipinski definition) is 0. The number of thiophene rings is 1. The van der Waals surface area contributed by atoms with E-state index in [0.29, 0.717) is 0 Å². The maximum absolute atomic E-state index is 5.83. The van der Waals surface area contributed by atoms with Crippen molar-refractivity contribution in [2.75, 3.05) is 0 Å². The van der Waals surface area contributed by atoms with Gasteiger partial charge >= 0.3 is 0 Å². The topological polar surface area (TPSA) is 0 Å². The molecule has 0 spiro atoms. The first-order valence-corrected chi connectivity index (χ1v) is 6.91. The molecule has 0 aliphatic carbocycles. The zero-order chi connectivity index (χ0) is 10.7. The molecule has 0 bridgehead atoms. The quantitative estimate of drug-likeness (QED) is 0.695. The lowest BCUT2D eigenvalue weighted by Gasteiger charge is -2.01. The molecule has 0 atom stereocenters. The van der Waals surface area contributed by atoms with E-state index in [1.165, 1.54) is 15.3 Å². The summed E-state index contributed by atoms with van der Waals surface area (Å²) < 4.78 is 1.41. The van der Waals surface area contributed by atoms with E-state index in [2.05, 4.69) is 30.5 Å². The average Bonchev–Trinajstić information content (AvgIpc) is 2.63. The SMILES string of the molecule is Cc1ccsc1SCc1ccc(Cl)cc1. The summed E-state index contributed by atoms with van der Waals surface area (Å²) in [6, 6.07) is 10.2. The van der Waals surface area contributed by atoms with Gasteiger partial charge in [-0.1, -0.05) is 23.7 Å². The zero-order valence-corrected chi connectivity index (χ0v) is 10.8. The third-order valence-electron chi connectivity index (χ3n) is 2.10. The van der Waals surface area contributed by atoms with Crippen LogP contribution in [0, 0.1) is 6.92 Å². The standard InChI is InChI=1S/C12H11ClS2/c1-9-6-7-14-12(9)15-8-10-2-4-11(13)5-3-10/h2-7H,8H2,1H3. The van der Waals surface area contributed by atoms with Gasteiger partial charge in [0, 0.05) is 10.8 Å². The number of benzene rings is 1. The highest BCUT2D eigenvalue weighted by atomic mass is 35.5. The summed E-state index contributed by atoms with van der Waals surface area (Å²) in [4.78, 5) is 0. The second-order valence-electron chi connectivity index (χ2n) is 3.31. The fourth-order valence-corrected chi connectivity index (χ4v) is 3.41. The monoisotopic (exact) mass is 254 g/mol. The summed E-state index contributed by atoms with van der Waals surface area (Å²) in [6.07, 6.45) is 0. The van der Waals surface area contributed by atoms with Gasteiger partial charge in [0.1, 0.15) is 0 Å². The van der Waals surface area contributed by atoms with E-state index >= 15 is 0 Å². The lowest BCUT2D eigenvalue weighted by atomic mass is 10.2. The van der Waals surface area contributed by atoms with E-state index in [1.54, 1.807) is 0 Å². The van der Waals surface area contributed by atoms with Gasteiger partial charge in [-0.3, -0.25) is 0 Å². The maximum atomic E-state index is 5.83. The molecule has 2 aromatic rings. The van der Waals surface area contributed by atoms with Crippen LogP contribution >= 0.6 is 34.7 Å². The Labute approximate surface area is 103 Å². The molecule has 15 heavy (non-hydrogen) atoms. The molecule has 0 unspecified atom stereocenters. The van der Waals surface area contributed by atoms with Gasteiger partial charge in [-0.25, -0.2) is 0 Å². The highest BCUT2D eigenvalue weighted by Gasteiger charge is 2.01. The van der Waals surface area contributed by atoms with Crippen molar-refractivity contribution in [3.05, 3.63) is 51.9 Å². The summed E-state index contributed by atoms with van der Waals surface area (Å²) in [7, 11) is 0. The van der Waals surface area contributed by atoms with Crippen LogP contribution in [-0.4, -0.2) is 0 Å². The highest BCUT2D eigenvalue weighted by Crippen LogP contribution is 2.30. The van der Waals surface area contributed by atoms with Crippen molar-refractivity contribution in [1.29, 1.82) is 0 Å². The van der Waals surface area contributed by atoms with Gasteiger partial charge in [-0.2, -0.15) is 0 Å². The Hall–Kier alpha value is -0.440. The van der Waals surface area contributed by atoms with Gasteiger partial charge in [0.15, 0.2) is 0 Å². The summed E-state index contributed by atoms with van der Waals surface area (Å²) in [5, 5.41) is 2.94. The number of aryl methyl sites for hydroxylation is 1. The van der Waals surface area contributed by atoms with Crippen LogP contribution in [0.25, 0.3) is 0 Å². The first kappa shape index (κ1) is 11.1. The Kier molecular flexibility index (Phi) is 3.73. The molecule has 0 radical (unpaired) electrons. The molecule has 0 fully saturated rings. The highest BCUT2D eigenvalue weighted by molar-refractivity contribution is 8.00. The van der Waals surface area contributed by atoms with Crippen molar-refractivity contribution in [2.45, 2.75) is 16.9 Å². The average molecular weight is 255 g/mol. The van der Waals surface area contributed by atoms with Crippen LogP contribution in [0.15, 0.2) is 39.9 Å². The fraction of sp³-hybridized carbons (Fsp3) is 0.167. The summed E-state index contributed by atoms with van der Waals surface area (Å²) >= 11 is 9.53. The molecular formula is C12H11ClS2. The second-order valence-corrected chi connectivity index (χ2v) is 5.90. The van der Waals surface area contributed by atoms with Gasteiger partial charge < -0.3 is 0 Å². The predicted octanol–water partition coefficient (Wildman–Crippen LogP) is 5.00. The Bertz CT molecular complexity index is 431. The Morgan fingerprint density at radius 2 is 1.93 bits per heavy atom. The zero-order valence-electron chi connectivity index (χ0n) is 8.37. The third kappa shape index (κ3) is 3.00. The lowest BCUT2D eigenvalue weighted by molar-refractivity contribution is 1.38. The van der Waals surface area contributed by atoms with Crippen molar-refractivity contribution in [2.24, 2.45) is 0 Å². The van der Waals surface area contributed by atoms with E-state index < -0.39 is 0 Å². The Morgan fingerprint density at radius 3 is 2.53 bits per heavy atom. The van der Waals surface area contributed by atoms with Crippen LogP contribution in [0.4, 0.5) is 0 Å². The number of hydrogen-bond acceptors (Lipinski definition) is 2. The summed E-state index contributed by atoms with van der Waals surface area (Å²) in [5.74, 6) is 1.01. The number of rotatable bonds is 3. The largest absolute Gasteiger partial charge is 0.137 e. The molecule has 3 heteroatoms. The fourth-order valence-electron chi connectivity index (χ4n) is 1.24. The van der Waals surface area contributed by atoms with E-state index in [-0.39, 0.29) is 0 Å². The molecule has 0 aliphatic heterocycles. The third-order valence-corrected chi connectivity index (χ3v) is 4.86.